The number of hydrazine groups is 1. The highest BCUT2D eigenvalue weighted by atomic mass is 16.8. The van der Waals surface area contributed by atoms with Crippen molar-refractivity contribution in [3.63, 3.8) is 0 Å². The van der Waals surface area contributed by atoms with Gasteiger partial charge in [-0.2, -0.15) is 0 Å². The van der Waals surface area contributed by atoms with Crippen LogP contribution >= 0.6 is 0 Å². The Morgan fingerprint density at radius 3 is 2.86 bits per heavy atom. The average molecular weight is 207 g/mol. The molecule has 0 saturated heterocycles. The Balaban J connectivity index is 3.70. The summed E-state index contributed by atoms with van der Waals surface area (Å²) in [5.41, 5.74) is 0. The summed E-state index contributed by atoms with van der Waals surface area (Å²) < 4.78 is 4.34. The van der Waals surface area contributed by atoms with E-state index in [0.29, 0.717) is 0 Å². The fraction of sp³-hybridized carbons (Fsp3) is 0.833. The largest absolute Gasteiger partial charge is 0.569 e. The maximum absolute atomic E-state index is 10.9. The van der Waals surface area contributed by atoms with E-state index in [1.54, 1.807) is 0 Å². The summed E-state index contributed by atoms with van der Waals surface area (Å²) in [4.78, 5) is 14.7. The zero-order chi connectivity index (χ0) is 11.0. The van der Waals surface area contributed by atoms with Crippen molar-refractivity contribution in [2.45, 2.75) is 6.92 Å². The standard InChI is InChI=1S/C6H13N3O5/c1-6(11)13-5-14-7-9(12)8(2)3-4-10/h10H,3-5H2,1-2H3. The van der Waals surface area contributed by atoms with E-state index in [1.807, 2.05) is 0 Å². The van der Waals surface area contributed by atoms with Crippen LogP contribution < -0.4 is 0 Å². The first-order valence-electron chi connectivity index (χ1n) is 3.83. The second kappa shape index (κ2) is 6.89. The van der Waals surface area contributed by atoms with Crippen LogP contribution in [0.15, 0.2) is 5.28 Å². The molecule has 8 heteroatoms. The minimum absolute atomic E-state index is 0.129. The lowest BCUT2D eigenvalue weighted by Crippen LogP contribution is -2.29. The van der Waals surface area contributed by atoms with Crippen LogP contribution in [-0.2, 0) is 14.4 Å². The van der Waals surface area contributed by atoms with Gasteiger partial charge in [-0.1, -0.05) is 0 Å². The van der Waals surface area contributed by atoms with Crippen LogP contribution in [0, 0.1) is 5.21 Å². The first-order chi connectivity index (χ1) is 6.57. The summed E-state index contributed by atoms with van der Waals surface area (Å²) in [5, 5.41) is 23.5. The number of aliphatic hydroxyl groups is 1. The van der Waals surface area contributed by atoms with E-state index >= 15 is 0 Å². The Bertz CT molecular complexity index is 208. The molecule has 0 fully saturated rings. The van der Waals surface area contributed by atoms with Gasteiger partial charge in [0.25, 0.3) is 6.79 Å². The van der Waals surface area contributed by atoms with Gasteiger partial charge in [-0.15, -0.1) is 5.01 Å². The molecule has 0 aromatic carbocycles. The van der Waals surface area contributed by atoms with Gasteiger partial charge in [-0.25, -0.2) is 0 Å². The van der Waals surface area contributed by atoms with Crippen LogP contribution in [0.3, 0.4) is 0 Å². The molecular weight excluding hydrogens is 194 g/mol. The van der Waals surface area contributed by atoms with E-state index in [2.05, 4.69) is 14.9 Å². The summed E-state index contributed by atoms with van der Waals surface area (Å²) in [5.74, 6) is -0.527. The molecule has 0 amide bonds. The molecule has 1 N–H and O–H groups in total. The van der Waals surface area contributed by atoms with Gasteiger partial charge in [-0.05, 0) is 0 Å². The van der Waals surface area contributed by atoms with Crippen molar-refractivity contribution in [2.75, 3.05) is 27.0 Å². The zero-order valence-corrected chi connectivity index (χ0v) is 8.04. The van der Waals surface area contributed by atoms with Gasteiger partial charge in [0.15, 0.2) is 0 Å². The van der Waals surface area contributed by atoms with Gasteiger partial charge in [0.05, 0.1) is 25.2 Å². The number of ether oxygens (including phenoxy) is 1. The first kappa shape index (κ1) is 12.4. The number of rotatable bonds is 6. The molecular formula is C6H13N3O5. The lowest BCUT2D eigenvalue weighted by atomic mass is 10.7. The lowest BCUT2D eigenvalue weighted by Gasteiger charge is -2.10. The summed E-state index contributed by atoms with van der Waals surface area (Å²) in [6.45, 7) is 0.746. The highest BCUT2D eigenvalue weighted by Crippen LogP contribution is 1.87. The SMILES string of the molecule is CC(=O)OCON=[N+]([O-])N(C)CCO. The Morgan fingerprint density at radius 1 is 1.71 bits per heavy atom. The second-order valence-corrected chi connectivity index (χ2v) is 2.32. The van der Waals surface area contributed by atoms with E-state index in [-0.39, 0.29) is 18.1 Å². The van der Waals surface area contributed by atoms with Gasteiger partial charge in [0, 0.05) is 6.92 Å². The van der Waals surface area contributed by atoms with Gasteiger partial charge in [0.1, 0.15) is 0 Å². The summed E-state index contributed by atoms with van der Waals surface area (Å²) in [6, 6.07) is 0. The molecule has 0 atom stereocenters. The average Bonchev–Trinajstić information content (AvgIpc) is 2.12. The maximum atomic E-state index is 10.9. The van der Waals surface area contributed by atoms with E-state index in [1.165, 1.54) is 14.0 Å². The van der Waals surface area contributed by atoms with Crippen molar-refractivity contribution < 1.29 is 24.4 Å². The van der Waals surface area contributed by atoms with Crippen molar-refractivity contribution in [3.8, 4) is 0 Å². The number of nitrogens with zero attached hydrogens (tertiary/aromatic N) is 3. The van der Waals surface area contributed by atoms with Crippen molar-refractivity contribution in [1.82, 2.24) is 5.01 Å². The zero-order valence-electron chi connectivity index (χ0n) is 8.04. The molecule has 0 aromatic heterocycles. The molecule has 0 saturated carbocycles. The predicted molar refractivity (Wildman–Crippen MR) is 43.5 cm³/mol. The highest BCUT2D eigenvalue weighted by molar-refractivity contribution is 5.65. The second-order valence-electron chi connectivity index (χ2n) is 2.32. The van der Waals surface area contributed by atoms with E-state index in [0.717, 1.165) is 5.01 Å². The van der Waals surface area contributed by atoms with E-state index < -0.39 is 12.8 Å². The lowest BCUT2D eigenvalue weighted by molar-refractivity contribution is -0.706. The Labute approximate surface area is 80.8 Å². The number of hydrogen-bond donors (Lipinski definition) is 1. The van der Waals surface area contributed by atoms with Crippen LogP contribution in [0.25, 0.3) is 0 Å². The van der Waals surface area contributed by atoms with Crippen LogP contribution in [0.1, 0.15) is 6.92 Å². The van der Waals surface area contributed by atoms with Crippen LogP contribution in [0.2, 0.25) is 0 Å². The number of carbonyl (C=O) groups is 1. The molecule has 0 spiro atoms. The molecule has 0 aliphatic carbocycles. The van der Waals surface area contributed by atoms with Crippen LogP contribution in [-0.4, -0.2) is 48.0 Å². The molecule has 0 heterocycles. The summed E-state index contributed by atoms with van der Waals surface area (Å²) in [7, 11) is 1.42. The normalized spacial score (nSPS) is 10.9. The van der Waals surface area contributed by atoms with E-state index in [4.69, 9.17) is 5.11 Å². The van der Waals surface area contributed by atoms with Crippen LogP contribution in [0.5, 0.6) is 0 Å². The molecule has 8 nitrogen and oxygen atoms in total. The minimum Gasteiger partial charge on any atom is -0.569 e. The molecule has 0 radical (unpaired) electrons. The quantitative estimate of drug-likeness (QED) is 0.153. The maximum Gasteiger partial charge on any atom is 0.305 e. The number of hydrogen-bond acceptors (Lipinski definition) is 6. The van der Waals surface area contributed by atoms with Gasteiger partial charge >= 0.3 is 5.97 Å². The Kier molecular flexibility index (Phi) is 6.12. The molecule has 0 unspecified atom stereocenters. The Hall–Kier alpha value is -1.57. The molecule has 14 heavy (non-hydrogen) atoms. The molecule has 0 aromatic rings. The first-order valence-corrected chi connectivity index (χ1v) is 3.83. The summed E-state index contributed by atoms with van der Waals surface area (Å²) in [6.07, 6.45) is 0. The third-order valence-electron chi connectivity index (χ3n) is 1.16. The number of carbonyl (C=O) groups excluding carboxylic acids is 1. The number of aliphatic hydroxyl groups excluding tert-OH is 1. The summed E-state index contributed by atoms with van der Waals surface area (Å²) >= 11 is 0. The number of esters is 1. The van der Waals surface area contributed by atoms with Gasteiger partial charge in [-0.3, -0.25) is 4.79 Å². The van der Waals surface area contributed by atoms with Gasteiger partial charge in [0.2, 0.25) is 5.28 Å². The third kappa shape index (κ3) is 6.00. The fourth-order valence-corrected chi connectivity index (χ4v) is 0.475. The molecule has 0 bridgehead atoms. The number of likely N-dealkylation sites (N-methyl/N-ethyl adjacent to an activating group) is 1. The van der Waals surface area contributed by atoms with Crippen molar-refractivity contribution in [1.29, 1.82) is 0 Å². The smallest absolute Gasteiger partial charge is 0.305 e. The molecule has 0 aliphatic rings. The fourth-order valence-electron chi connectivity index (χ4n) is 0.475. The minimum atomic E-state index is -0.527. The third-order valence-corrected chi connectivity index (χ3v) is 1.16. The Morgan fingerprint density at radius 2 is 2.36 bits per heavy atom. The predicted octanol–water partition coefficient (Wildman–Crippen LogP) is -0.760. The topological polar surface area (TPSA) is 97.4 Å². The van der Waals surface area contributed by atoms with Crippen LogP contribution in [0.4, 0.5) is 0 Å². The van der Waals surface area contributed by atoms with Crippen molar-refractivity contribution in [2.24, 2.45) is 5.28 Å². The molecule has 82 valence electrons. The van der Waals surface area contributed by atoms with Crippen molar-refractivity contribution in [3.05, 3.63) is 5.21 Å². The monoisotopic (exact) mass is 207 g/mol. The van der Waals surface area contributed by atoms with E-state index in [9.17, 15) is 10.0 Å². The van der Waals surface area contributed by atoms with Crippen molar-refractivity contribution >= 4 is 5.97 Å². The molecule has 0 aliphatic heterocycles. The van der Waals surface area contributed by atoms with Gasteiger partial charge < -0.3 is 19.9 Å². The highest BCUT2D eigenvalue weighted by Gasteiger charge is 2.04. The molecule has 0 rings (SSSR count).